The van der Waals surface area contributed by atoms with Gasteiger partial charge in [0.25, 0.3) is 11.8 Å². The van der Waals surface area contributed by atoms with E-state index in [4.69, 9.17) is 0 Å². The van der Waals surface area contributed by atoms with Gasteiger partial charge in [0.15, 0.2) is 5.82 Å². The van der Waals surface area contributed by atoms with Crippen LogP contribution in [0.1, 0.15) is 32.0 Å². The van der Waals surface area contributed by atoms with Gasteiger partial charge in [0.05, 0.1) is 21.3 Å². The Labute approximate surface area is 138 Å². The van der Waals surface area contributed by atoms with E-state index in [1.54, 1.807) is 24.3 Å². The summed E-state index contributed by atoms with van der Waals surface area (Å²) < 4.78 is 1.49. The summed E-state index contributed by atoms with van der Waals surface area (Å²) in [5.74, 6) is -0.353. The average Bonchev–Trinajstić information content (AvgIpc) is 2.73. The number of carbonyl (C=O) groups is 2. The molecule has 0 atom stereocenters. The third-order valence-electron chi connectivity index (χ3n) is 3.45. The fourth-order valence-electron chi connectivity index (χ4n) is 2.32. The normalized spacial score (nSPS) is 13.8. The van der Waals surface area contributed by atoms with Crippen LogP contribution >= 0.6 is 31.9 Å². The maximum Gasteiger partial charge on any atom is 0.267 e. The molecule has 0 aliphatic carbocycles. The van der Waals surface area contributed by atoms with E-state index >= 15 is 0 Å². The molecule has 6 heteroatoms. The summed E-state index contributed by atoms with van der Waals surface area (Å²) in [6.07, 6.45) is 0. The minimum absolute atomic E-state index is 0.333. The molecular formula is C15H10Br2N2O2. The number of pyridine rings is 1. The molecule has 0 saturated carbocycles. The summed E-state index contributed by atoms with van der Waals surface area (Å²) in [5.41, 5.74) is 2.44. The number of fused-ring (bicyclic) bond motifs is 1. The Bertz CT molecular complexity index is 768. The van der Waals surface area contributed by atoms with Crippen molar-refractivity contribution < 1.29 is 9.59 Å². The van der Waals surface area contributed by atoms with Gasteiger partial charge < -0.3 is 0 Å². The highest BCUT2D eigenvalue weighted by Gasteiger charge is 2.38. The molecule has 21 heavy (non-hydrogen) atoms. The predicted octanol–water partition coefficient (Wildman–Crippen LogP) is 4.02. The highest BCUT2D eigenvalue weighted by atomic mass is 79.9. The van der Waals surface area contributed by atoms with Gasteiger partial charge in [0.2, 0.25) is 0 Å². The zero-order valence-electron chi connectivity index (χ0n) is 11.3. The minimum Gasteiger partial charge on any atom is -0.268 e. The predicted molar refractivity (Wildman–Crippen MR) is 86.7 cm³/mol. The maximum atomic E-state index is 12.5. The fraction of sp³-hybridized carbons (Fsp3) is 0.133. The quantitative estimate of drug-likeness (QED) is 0.668. The average molecular weight is 410 g/mol. The number of nitrogens with zero attached hydrogens (tertiary/aromatic N) is 2. The van der Waals surface area contributed by atoms with Crippen LogP contribution < -0.4 is 4.90 Å². The van der Waals surface area contributed by atoms with Crippen molar-refractivity contribution in [3.05, 3.63) is 55.6 Å². The standard InChI is InChI=1S/C15H10Br2N2O2/c1-7-11(16)8(2)18-13(12(7)17)19-14(20)9-5-3-4-6-10(9)15(19)21/h3-6H,1-2H3. The Morgan fingerprint density at radius 3 is 2.00 bits per heavy atom. The van der Waals surface area contributed by atoms with Crippen LogP contribution in [0, 0.1) is 13.8 Å². The number of benzene rings is 1. The molecule has 0 bridgehead atoms. The van der Waals surface area contributed by atoms with E-state index in [2.05, 4.69) is 36.8 Å². The van der Waals surface area contributed by atoms with Crippen LogP contribution in [0.2, 0.25) is 0 Å². The number of aromatic nitrogens is 1. The Morgan fingerprint density at radius 1 is 0.952 bits per heavy atom. The van der Waals surface area contributed by atoms with Crippen LogP contribution in [0.4, 0.5) is 5.82 Å². The van der Waals surface area contributed by atoms with Gasteiger partial charge in [-0.25, -0.2) is 9.88 Å². The van der Waals surface area contributed by atoms with Crippen molar-refractivity contribution >= 4 is 49.5 Å². The summed E-state index contributed by atoms with van der Waals surface area (Å²) >= 11 is 6.89. The van der Waals surface area contributed by atoms with Gasteiger partial charge in [-0.05, 0) is 63.4 Å². The van der Waals surface area contributed by atoms with Crippen LogP contribution in [-0.2, 0) is 0 Å². The number of halogens is 2. The highest BCUT2D eigenvalue weighted by Crippen LogP contribution is 2.37. The Kier molecular flexibility index (Phi) is 3.45. The highest BCUT2D eigenvalue weighted by molar-refractivity contribution is 9.11. The van der Waals surface area contributed by atoms with E-state index in [1.165, 1.54) is 0 Å². The van der Waals surface area contributed by atoms with E-state index in [0.717, 1.165) is 20.6 Å². The summed E-state index contributed by atoms with van der Waals surface area (Å²) in [7, 11) is 0. The van der Waals surface area contributed by atoms with Crippen molar-refractivity contribution in [2.75, 3.05) is 4.90 Å². The molecule has 0 radical (unpaired) electrons. The lowest BCUT2D eigenvalue weighted by molar-refractivity contribution is 0.0925. The molecule has 2 heterocycles. The lowest BCUT2D eigenvalue weighted by atomic mass is 10.1. The van der Waals surface area contributed by atoms with Gasteiger partial charge in [0, 0.05) is 4.47 Å². The van der Waals surface area contributed by atoms with Gasteiger partial charge in [-0.3, -0.25) is 9.59 Å². The van der Waals surface area contributed by atoms with Crippen LogP contribution in [-0.4, -0.2) is 16.8 Å². The Morgan fingerprint density at radius 2 is 1.48 bits per heavy atom. The second kappa shape index (κ2) is 5.03. The van der Waals surface area contributed by atoms with E-state index < -0.39 is 0 Å². The van der Waals surface area contributed by atoms with Crippen LogP contribution in [0.3, 0.4) is 0 Å². The molecule has 0 fully saturated rings. The Balaban J connectivity index is 2.21. The molecule has 106 valence electrons. The van der Waals surface area contributed by atoms with Crippen molar-refractivity contribution in [2.24, 2.45) is 0 Å². The monoisotopic (exact) mass is 408 g/mol. The van der Waals surface area contributed by atoms with Crippen LogP contribution in [0.5, 0.6) is 0 Å². The number of rotatable bonds is 1. The number of amides is 2. The molecule has 2 aromatic rings. The molecule has 4 nitrogen and oxygen atoms in total. The van der Waals surface area contributed by atoms with E-state index in [-0.39, 0.29) is 11.8 Å². The minimum atomic E-state index is -0.343. The number of aryl methyl sites for hydroxylation is 1. The molecule has 3 rings (SSSR count). The summed E-state index contributed by atoms with van der Waals surface area (Å²) in [6.45, 7) is 3.72. The lowest BCUT2D eigenvalue weighted by Gasteiger charge is -2.17. The smallest absolute Gasteiger partial charge is 0.267 e. The summed E-state index contributed by atoms with van der Waals surface area (Å²) in [4.78, 5) is 30.5. The van der Waals surface area contributed by atoms with Gasteiger partial charge in [-0.2, -0.15) is 0 Å². The molecule has 1 aliphatic rings. The number of hydrogen-bond donors (Lipinski definition) is 0. The summed E-state index contributed by atoms with van der Waals surface area (Å²) in [5, 5.41) is 0. The molecule has 1 aromatic carbocycles. The second-order valence-corrected chi connectivity index (χ2v) is 6.35. The number of anilines is 1. The third-order valence-corrected chi connectivity index (χ3v) is 5.57. The maximum absolute atomic E-state index is 12.5. The molecule has 0 saturated heterocycles. The van der Waals surface area contributed by atoms with Crippen molar-refractivity contribution in [2.45, 2.75) is 13.8 Å². The number of carbonyl (C=O) groups excluding carboxylic acids is 2. The van der Waals surface area contributed by atoms with E-state index in [9.17, 15) is 9.59 Å². The SMILES string of the molecule is Cc1nc(N2C(=O)c3ccccc3C2=O)c(Br)c(C)c1Br. The summed E-state index contributed by atoms with van der Waals surface area (Å²) in [6, 6.07) is 6.80. The lowest BCUT2D eigenvalue weighted by Crippen LogP contribution is -2.31. The largest absolute Gasteiger partial charge is 0.268 e. The van der Waals surface area contributed by atoms with Gasteiger partial charge in [0.1, 0.15) is 0 Å². The molecule has 1 aliphatic heterocycles. The van der Waals surface area contributed by atoms with E-state index in [1.807, 2.05) is 13.8 Å². The zero-order chi connectivity index (χ0) is 15.3. The second-order valence-electron chi connectivity index (χ2n) is 4.77. The van der Waals surface area contributed by atoms with Crippen molar-refractivity contribution in [3.63, 3.8) is 0 Å². The molecule has 1 aromatic heterocycles. The first kappa shape index (κ1) is 14.4. The van der Waals surface area contributed by atoms with Gasteiger partial charge >= 0.3 is 0 Å². The molecule has 0 spiro atoms. The van der Waals surface area contributed by atoms with Crippen LogP contribution in [0.25, 0.3) is 0 Å². The first-order valence-corrected chi connectivity index (χ1v) is 7.82. The van der Waals surface area contributed by atoms with Crippen molar-refractivity contribution in [1.82, 2.24) is 4.98 Å². The molecule has 2 amide bonds. The van der Waals surface area contributed by atoms with Crippen molar-refractivity contribution in [3.8, 4) is 0 Å². The number of hydrogen-bond acceptors (Lipinski definition) is 3. The fourth-order valence-corrected chi connectivity index (χ4v) is 3.34. The van der Waals surface area contributed by atoms with Gasteiger partial charge in [-0.15, -0.1) is 0 Å². The zero-order valence-corrected chi connectivity index (χ0v) is 14.4. The topological polar surface area (TPSA) is 50.3 Å². The first-order valence-electron chi connectivity index (χ1n) is 6.23. The molecule has 0 N–H and O–H groups in total. The van der Waals surface area contributed by atoms with Gasteiger partial charge in [-0.1, -0.05) is 12.1 Å². The first-order chi connectivity index (χ1) is 9.93. The number of imide groups is 1. The molecule has 0 unspecified atom stereocenters. The Hall–Kier alpha value is -1.53. The van der Waals surface area contributed by atoms with Crippen molar-refractivity contribution in [1.29, 1.82) is 0 Å². The third kappa shape index (κ3) is 2.05. The molecular weight excluding hydrogens is 400 g/mol. The van der Waals surface area contributed by atoms with Crippen LogP contribution in [0.15, 0.2) is 33.2 Å². The van der Waals surface area contributed by atoms with E-state index in [0.29, 0.717) is 21.4 Å².